The Balaban J connectivity index is 0.00000484. The van der Waals surface area contributed by atoms with Gasteiger partial charge in [0.2, 0.25) is 5.91 Å². The van der Waals surface area contributed by atoms with Crippen molar-refractivity contribution in [3.8, 4) is 34.2 Å². The molecular formula is C31H31ClFN5O4. The van der Waals surface area contributed by atoms with Crippen LogP contribution in [0.1, 0.15) is 43.3 Å². The quantitative estimate of drug-likeness (QED) is 0.193. The minimum absolute atomic E-state index is 0. The number of nitrogens with zero attached hydrogens (tertiary/aromatic N) is 3. The molecule has 1 unspecified atom stereocenters. The Morgan fingerprint density at radius 2 is 1.83 bits per heavy atom. The van der Waals surface area contributed by atoms with Gasteiger partial charge in [-0.25, -0.2) is 9.37 Å². The van der Waals surface area contributed by atoms with Crippen LogP contribution in [-0.4, -0.2) is 45.9 Å². The normalized spacial score (nSPS) is 11.3. The van der Waals surface area contributed by atoms with Crippen LogP contribution in [0.2, 0.25) is 0 Å². The summed E-state index contributed by atoms with van der Waals surface area (Å²) in [6, 6.07) is 17.2. The number of amides is 2. The van der Waals surface area contributed by atoms with E-state index in [0.717, 1.165) is 19.2 Å². The smallest absolute Gasteiger partial charge is 0.292 e. The number of aromatic hydroxyl groups is 1. The number of benzene rings is 2. The van der Waals surface area contributed by atoms with Crippen LogP contribution in [0.4, 0.5) is 15.9 Å². The molecule has 0 saturated heterocycles. The van der Waals surface area contributed by atoms with Crippen LogP contribution in [0.3, 0.4) is 0 Å². The average molecular weight is 592 g/mol. The molecule has 11 heteroatoms. The van der Waals surface area contributed by atoms with Gasteiger partial charge < -0.3 is 25.1 Å². The molecule has 2 aromatic carbocycles. The van der Waals surface area contributed by atoms with Crippen LogP contribution in [0.5, 0.6) is 5.75 Å². The molecule has 4 rings (SSSR count). The zero-order chi connectivity index (χ0) is 29.5. The number of carbonyl (C=O) groups is 2. The highest BCUT2D eigenvalue weighted by atomic mass is 35.5. The van der Waals surface area contributed by atoms with Crippen LogP contribution in [0.25, 0.3) is 22.4 Å². The number of hydrogen-bond donors (Lipinski definition) is 3. The van der Waals surface area contributed by atoms with E-state index in [-0.39, 0.29) is 58.5 Å². The predicted molar refractivity (Wildman–Crippen MR) is 161 cm³/mol. The summed E-state index contributed by atoms with van der Waals surface area (Å²) < 4.78 is 18.9. The first-order valence-corrected chi connectivity index (χ1v) is 13.2. The van der Waals surface area contributed by atoms with Gasteiger partial charge in [0, 0.05) is 35.3 Å². The maximum atomic E-state index is 13.7. The van der Waals surface area contributed by atoms with Crippen molar-refractivity contribution >= 4 is 35.7 Å². The van der Waals surface area contributed by atoms with Crippen LogP contribution in [-0.2, 0) is 4.79 Å². The zero-order valence-electron chi connectivity index (χ0n) is 23.3. The van der Waals surface area contributed by atoms with E-state index < -0.39 is 11.7 Å². The number of carbonyl (C=O) groups excluding carboxylic acids is 2. The molecule has 2 aromatic heterocycles. The second-order valence-electron chi connectivity index (χ2n) is 9.39. The van der Waals surface area contributed by atoms with Gasteiger partial charge in [0.05, 0.1) is 12.0 Å². The van der Waals surface area contributed by atoms with E-state index in [1.54, 1.807) is 36.4 Å². The molecule has 9 nitrogen and oxygen atoms in total. The maximum absolute atomic E-state index is 13.7. The Morgan fingerprint density at radius 3 is 2.48 bits per heavy atom. The van der Waals surface area contributed by atoms with Gasteiger partial charge in [0.15, 0.2) is 11.6 Å². The molecule has 2 heterocycles. The van der Waals surface area contributed by atoms with Gasteiger partial charge in [0.1, 0.15) is 23.2 Å². The van der Waals surface area contributed by atoms with Crippen molar-refractivity contribution in [3.63, 3.8) is 0 Å². The number of rotatable bonds is 10. The van der Waals surface area contributed by atoms with Crippen molar-refractivity contribution in [3.05, 3.63) is 84.1 Å². The van der Waals surface area contributed by atoms with E-state index in [4.69, 9.17) is 4.42 Å². The number of nitrogens with one attached hydrogen (secondary N) is 2. The first-order chi connectivity index (χ1) is 19.7. The van der Waals surface area contributed by atoms with Gasteiger partial charge in [-0.1, -0.05) is 26.0 Å². The number of pyridine rings is 1. The Morgan fingerprint density at radius 1 is 1.07 bits per heavy atom. The summed E-state index contributed by atoms with van der Waals surface area (Å²) in [5.41, 5.74) is 1.88. The molecule has 42 heavy (non-hydrogen) atoms. The molecule has 1 atom stereocenters. The van der Waals surface area contributed by atoms with Gasteiger partial charge >= 0.3 is 0 Å². The first-order valence-electron chi connectivity index (χ1n) is 13.2. The lowest BCUT2D eigenvalue weighted by Gasteiger charge is -2.25. The number of aromatic nitrogens is 1. The SMILES string of the molecule is CCN(CC)C(C)CC(=O)Nc1cccc(-c2cc(-c3ccc(F)cc3O)nc(NC(=O)c3ccco3)c2C#N)c1.Cl. The van der Waals surface area contributed by atoms with Crippen molar-refractivity contribution in [2.24, 2.45) is 0 Å². The third-order valence-electron chi connectivity index (χ3n) is 6.72. The molecule has 0 aliphatic carbocycles. The molecule has 4 aromatic rings. The van der Waals surface area contributed by atoms with Crippen molar-refractivity contribution < 1.29 is 23.5 Å². The van der Waals surface area contributed by atoms with E-state index in [1.807, 2.05) is 20.8 Å². The van der Waals surface area contributed by atoms with E-state index in [9.17, 15) is 24.3 Å². The van der Waals surface area contributed by atoms with Crippen LogP contribution < -0.4 is 10.6 Å². The highest BCUT2D eigenvalue weighted by molar-refractivity contribution is 6.03. The second-order valence-corrected chi connectivity index (χ2v) is 9.39. The third kappa shape index (κ3) is 7.32. The van der Waals surface area contributed by atoms with Crippen molar-refractivity contribution in [1.29, 1.82) is 5.26 Å². The highest BCUT2D eigenvalue weighted by Gasteiger charge is 2.21. The largest absolute Gasteiger partial charge is 0.507 e. The van der Waals surface area contributed by atoms with Gasteiger partial charge in [0.25, 0.3) is 5.91 Å². The van der Waals surface area contributed by atoms with Gasteiger partial charge in [-0.15, -0.1) is 12.4 Å². The number of furan rings is 1. The van der Waals surface area contributed by atoms with E-state index in [1.165, 1.54) is 24.5 Å². The number of halogens is 2. The molecule has 2 amide bonds. The van der Waals surface area contributed by atoms with E-state index in [2.05, 4.69) is 26.6 Å². The molecule has 0 saturated carbocycles. The number of phenolic OH excluding ortho intramolecular Hbond substituents is 1. The monoisotopic (exact) mass is 591 g/mol. The van der Waals surface area contributed by atoms with Gasteiger partial charge in [-0.2, -0.15) is 5.26 Å². The molecule has 0 bridgehead atoms. The number of nitriles is 1. The maximum Gasteiger partial charge on any atom is 0.292 e. The molecule has 218 valence electrons. The van der Waals surface area contributed by atoms with E-state index in [0.29, 0.717) is 23.2 Å². The topological polar surface area (TPSA) is 131 Å². The summed E-state index contributed by atoms with van der Waals surface area (Å²) in [5, 5.41) is 26.1. The molecule has 0 fully saturated rings. The average Bonchev–Trinajstić information content (AvgIpc) is 3.49. The van der Waals surface area contributed by atoms with Crippen molar-refractivity contribution in [2.75, 3.05) is 23.7 Å². The van der Waals surface area contributed by atoms with Gasteiger partial charge in [-0.05, 0) is 68.0 Å². The highest BCUT2D eigenvalue weighted by Crippen LogP contribution is 2.36. The lowest BCUT2D eigenvalue weighted by molar-refractivity contribution is -0.117. The summed E-state index contributed by atoms with van der Waals surface area (Å²) in [5.74, 6) is -1.84. The standard InChI is InChI=1S/C31H30FN5O4.ClH/c1-4-37(5-2)19(3)14-29(39)34-22-9-6-8-20(15-22)24-17-26(23-12-11-21(32)16-27(23)38)35-30(25(24)18-33)36-31(40)28-10-7-13-41-28;/h6-13,15-17,19,38H,4-5,14H2,1-3H3,(H,34,39)(H,35,36,40);1H. The van der Waals surface area contributed by atoms with E-state index >= 15 is 0 Å². The zero-order valence-corrected chi connectivity index (χ0v) is 24.2. The Bertz CT molecular complexity index is 1600. The summed E-state index contributed by atoms with van der Waals surface area (Å²) >= 11 is 0. The number of hydrogen-bond acceptors (Lipinski definition) is 7. The van der Waals surface area contributed by atoms with Crippen molar-refractivity contribution in [2.45, 2.75) is 33.2 Å². The second kappa shape index (κ2) is 14.3. The number of phenols is 1. The van der Waals surface area contributed by atoms with Crippen LogP contribution in [0.15, 0.2) is 71.3 Å². The molecule has 0 aliphatic heterocycles. The summed E-state index contributed by atoms with van der Waals surface area (Å²) in [4.78, 5) is 32.2. The van der Waals surface area contributed by atoms with Gasteiger partial charge in [-0.3, -0.25) is 9.59 Å². The molecule has 0 spiro atoms. The Labute approximate surface area is 249 Å². The fraction of sp³-hybridized carbons (Fsp3) is 0.226. The molecule has 3 N–H and O–H groups in total. The third-order valence-corrected chi connectivity index (χ3v) is 6.72. The van der Waals surface area contributed by atoms with Crippen LogP contribution in [0, 0.1) is 17.1 Å². The number of anilines is 2. The minimum atomic E-state index is -0.634. The Hall–Kier alpha value is -4.72. The molecule has 0 radical (unpaired) electrons. The molecular weight excluding hydrogens is 561 g/mol. The summed E-state index contributed by atoms with van der Waals surface area (Å²) in [6.45, 7) is 7.78. The fourth-order valence-electron chi connectivity index (χ4n) is 4.63. The Kier molecular flexibility index (Phi) is 10.8. The predicted octanol–water partition coefficient (Wildman–Crippen LogP) is 6.46. The summed E-state index contributed by atoms with van der Waals surface area (Å²) in [7, 11) is 0. The molecule has 0 aliphatic rings. The van der Waals surface area contributed by atoms with Crippen molar-refractivity contribution in [1.82, 2.24) is 9.88 Å². The lowest BCUT2D eigenvalue weighted by Crippen LogP contribution is -2.35. The van der Waals surface area contributed by atoms with Crippen LogP contribution >= 0.6 is 12.4 Å². The minimum Gasteiger partial charge on any atom is -0.507 e. The fourth-order valence-corrected chi connectivity index (χ4v) is 4.63. The lowest BCUT2D eigenvalue weighted by atomic mass is 9.97. The first kappa shape index (κ1) is 31.8. The summed E-state index contributed by atoms with van der Waals surface area (Å²) in [6.07, 6.45) is 1.65.